The van der Waals surface area contributed by atoms with E-state index in [1.807, 2.05) is 0 Å². The lowest BCUT2D eigenvalue weighted by atomic mass is 10.2. The van der Waals surface area contributed by atoms with Gasteiger partial charge in [0.1, 0.15) is 10.8 Å². The first-order valence-corrected chi connectivity index (χ1v) is 6.37. The van der Waals surface area contributed by atoms with Crippen LogP contribution in [0.15, 0.2) is 35.1 Å². The average molecular weight is 358 g/mol. The van der Waals surface area contributed by atoms with Gasteiger partial charge in [0.15, 0.2) is 0 Å². The van der Waals surface area contributed by atoms with E-state index in [4.69, 9.17) is 11.6 Å². The van der Waals surface area contributed by atoms with Gasteiger partial charge < -0.3 is 5.32 Å². The molecule has 0 fully saturated rings. The zero-order valence-electron chi connectivity index (χ0n) is 9.71. The summed E-state index contributed by atoms with van der Waals surface area (Å²) >= 11 is 8.72. The van der Waals surface area contributed by atoms with Gasteiger partial charge in [-0.2, -0.15) is 0 Å². The van der Waals surface area contributed by atoms with Crippen molar-refractivity contribution in [3.05, 3.63) is 56.0 Å². The van der Waals surface area contributed by atoms with Gasteiger partial charge in [-0.15, -0.1) is 0 Å². The van der Waals surface area contributed by atoms with E-state index in [-0.39, 0.29) is 16.5 Å². The fourth-order valence-corrected chi connectivity index (χ4v) is 1.90. The summed E-state index contributed by atoms with van der Waals surface area (Å²) in [5, 5.41) is 13.3. The highest BCUT2D eigenvalue weighted by Gasteiger charge is 2.13. The second kappa shape index (κ2) is 5.93. The van der Waals surface area contributed by atoms with Crippen molar-refractivity contribution < 1.29 is 9.72 Å². The van der Waals surface area contributed by atoms with Gasteiger partial charge in [-0.3, -0.25) is 14.9 Å². The van der Waals surface area contributed by atoms with Crippen LogP contribution in [-0.2, 0) is 0 Å². The van der Waals surface area contributed by atoms with E-state index in [0.717, 1.165) is 0 Å². The number of hydrogen-bond donors (Lipinski definition) is 1. The molecule has 2 rings (SSSR count). The third-order valence-corrected chi connectivity index (χ3v) is 3.12. The molecule has 102 valence electrons. The number of halogens is 2. The SMILES string of the molecule is O=C(Nc1ccc([N+](=O)[O-])cc1Br)c1cnc(Cl)cn1. The van der Waals surface area contributed by atoms with E-state index in [2.05, 4.69) is 31.2 Å². The first-order chi connectivity index (χ1) is 9.47. The number of carbonyl (C=O) groups excluding carboxylic acids is 1. The molecule has 7 nitrogen and oxygen atoms in total. The summed E-state index contributed by atoms with van der Waals surface area (Å²) in [7, 11) is 0. The number of non-ortho nitro benzene ring substituents is 1. The number of hydrogen-bond acceptors (Lipinski definition) is 5. The van der Waals surface area contributed by atoms with Crippen LogP contribution in [0, 0.1) is 10.1 Å². The van der Waals surface area contributed by atoms with Gasteiger partial charge in [-0.1, -0.05) is 11.6 Å². The van der Waals surface area contributed by atoms with Gasteiger partial charge in [0.25, 0.3) is 11.6 Å². The van der Waals surface area contributed by atoms with E-state index in [9.17, 15) is 14.9 Å². The maximum atomic E-state index is 11.9. The topological polar surface area (TPSA) is 98.0 Å². The van der Waals surface area contributed by atoms with Crippen LogP contribution in [-0.4, -0.2) is 20.8 Å². The minimum absolute atomic E-state index is 0.0823. The van der Waals surface area contributed by atoms with Crippen molar-refractivity contribution in [2.75, 3.05) is 5.32 Å². The fourth-order valence-electron chi connectivity index (χ4n) is 1.33. The van der Waals surface area contributed by atoms with E-state index >= 15 is 0 Å². The lowest BCUT2D eigenvalue weighted by Gasteiger charge is -2.06. The van der Waals surface area contributed by atoms with Gasteiger partial charge in [-0.05, 0) is 22.0 Å². The van der Waals surface area contributed by atoms with Gasteiger partial charge in [0.2, 0.25) is 0 Å². The molecule has 1 heterocycles. The Kier molecular flexibility index (Phi) is 4.26. The smallest absolute Gasteiger partial charge is 0.275 e. The maximum absolute atomic E-state index is 11.9. The van der Waals surface area contributed by atoms with Crippen LogP contribution in [0.5, 0.6) is 0 Å². The Hall–Kier alpha value is -2.06. The molecule has 0 radical (unpaired) electrons. The highest BCUT2D eigenvalue weighted by atomic mass is 79.9. The molecule has 0 unspecified atom stereocenters. The summed E-state index contributed by atoms with van der Waals surface area (Å²) in [5.41, 5.74) is 0.387. The normalized spacial score (nSPS) is 10.1. The number of nitrogens with one attached hydrogen (secondary N) is 1. The number of amides is 1. The van der Waals surface area contributed by atoms with Crippen LogP contribution in [0.4, 0.5) is 11.4 Å². The molecule has 9 heteroatoms. The van der Waals surface area contributed by atoms with Gasteiger partial charge in [-0.25, -0.2) is 9.97 Å². The molecule has 1 amide bonds. The molecule has 1 aromatic heterocycles. The second-order valence-electron chi connectivity index (χ2n) is 3.60. The van der Waals surface area contributed by atoms with Crippen LogP contribution in [0.1, 0.15) is 10.5 Å². The molecule has 20 heavy (non-hydrogen) atoms. The zero-order valence-corrected chi connectivity index (χ0v) is 12.1. The fraction of sp³-hybridized carbons (Fsp3) is 0. The average Bonchev–Trinajstić information content (AvgIpc) is 2.41. The van der Waals surface area contributed by atoms with Crippen molar-refractivity contribution in [1.82, 2.24) is 9.97 Å². The maximum Gasteiger partial charge on any atom is 0.275 e. The molecule has 0 bridgehead atoms. The van der Waals surface area contributed by atoms with Crippen LogP contribution in [0.25, 0.3) is 0 Å². The molecular formula is C11H6BrClN4O3. The van der Waals surface area contributed by atoms with Crippen molar-refractivity contribution in [2.24, 2.45) is 0 Å². The Morgan fingerprint density at radius 3 is 2.65 bits per heavy atom. The van der Waals surface area contributed by atoms with Crippen molar-refractivity contribution in [3.63, 3.8) is 0 Å². The summed E-state index contributed by atoms with van der Waals surface area (Å²) in [4.78, 5) is 29.5. The molecule has 0 aliphatic carbocycles. The van der Waals surface area contributed by atoms with Gasteiger partial charge in [0.05, 0.1) is 23.0 Å². The quantitative estimate of drug-likeness (QED) is 0.672. The Morgan fingerprint density at radius 2 is 2.10 bits per heavy atom. The van der Waals surface area contributed by atoms with Crippen molar-refractivity contribution in [1.29, 1.82) is 0 Å². The van der Waals surface area contributed by atoms with Crippen molar-refractivity contribution in [2.45, 2.75) is 0 Å². The molecule has 0 aliphatic rings. The molecule has 1 N–H and O–H groups in total. The third kappa shape index (κ3) is 3.28. The summed E-state index contributed by atoms with van der Waals surface area (Å²) in [6.45, 7) is 0. The summed E-state index contributed by atoms with van der Waals surface area (Å²) in [5.74, 6) is -0.497. The van der Waals surface area contributed by atoms with Gasteiger partial charge in [0, 0.05) is 16.6 Å². The summed E-state index contributed by atoms with van der Waals surface area (Å²) < 4.78 is 0.391. The minimum Gasteiger partial charge on any atom is -0.320 e. The first-order valence-electron chi connectivity index (χ1n) is 5.20. The minimum atomic E-state index is -0.527. The highest BCUT2D eigenvalue weighted by Crippen LogP contribution is 2.27. The number of aromatic nitrogens is 2. The largest absolute Gasteiger partial charge is 0.320 e. The van der Waals surface area contributed by atoms with Crippen molar-refractivity contribution in [3.8, 4) is 0 Å². The molecule has 1 aromatic carbocycles. The number of nitro benzene ring substituents is 1. The Bertz CT molecular complexity index is 678. The van der Waals surface area contributed by atoms with Crippen LogP contribution in [0.3, 0.4) is 0 Å². The lowest BCUT2D eigenvalue weighted by Crippen LogP contribution is -2.14. The molecule has 0 saturated heterocycles. The Labute approximate surface area is 126 Å². The monoisotopic (exact) mass is 356 g/mol. The molecule has 0 spiro atoms. The summed E-state index contributed by atoms with van der Waals surface area (Å²) in [6.07, 6.45) is 2.48. The number of anilines is 1. The highest BCUT2D eigenvalue weighted by molar-refractivity contribution is 9.10. The predicted octanol–water partition coefficient (Wildman–Crippen LogP) is 3.05. The first kappa shape index (κ1) is 14.4. The molecule has 0 atom stereocenters. The van der Waals surface area contributed by atoms with Crippen LogP contribution < -0.4 is 5.32 Å². The van der Waals surface area contributed by atoms with Crippen LogP contribution in [0.2, 0.25) is 5.15 Å². The molecular weight excluding hydrogens is 352 g/mol. The van der Waals surface area contributed by atoms with E-state index in [0.29, 0.717) is 10.2 Å². The van der Waals surface area contributed by atoms with E-state index in [1.165, 1.54) is 30.6 Å². The second-order valence-corrected chi connectivity index (χ2v) is 4.84. The van der Waals surface area contributed by atoms with E-state index < -0.39 is 10.8 Å². The standard InChI is InChI=1S/C11H6BrClN4O3/c12-7-3-6(17(19)20)1-2-8(7)16-11(18)9-4-15-10(13)5-14-9/h1-5H,(H,16,18). The summed E-state index contributed by atoms with van der Waals surface area (Å²) in [6, 6.07) is 4.00. The van der Waals surface area contributed by atoms with Gasteiger partial charge >= 0.3 is 0 Å². The van der Waals surface area contributed by atoms with Crippen LogP contribution >= 0.6 is 27.5 Å². The predicted molar refractivity (Wildman–Crippen MR) is 75.8 cm³/mol. The third-order valence-electron chi connectivity index (χ3n) is 2.26. The van der Waals surface area contributed by atoms with E-state index in [1.54, 1.807) is 0 Å². The molecule has 0 saturated carbocycles. The Morgan fingerprint density at radius 1 is 1.35 bits per heavy atom. The number of carbonyl (C=O) groups is 1. The number of nitro groups is 1. The molecule has 0 aliphatic heterocycles. The number of rotatable bonds is 3. The lowest BCUT2D eigenvalue weighted by molar-refractivity contribution is -0.384. The number of nitrogens with zero attached hydrogens (tertiary/aromatic N) is 3. The zero-order chi connectivity index (χ0) is 14.7. The number of benzene rings is 1. The Balaban J connectivity index is 2.19. The van der Waals surface area contributed by atoms with Crippen molar-refractivity contribution >= 4 is 44.8 Å². The molecule has 2 aromatic rings.